The van der Waals surface area contributed by atoms with Gasteiger partial charge in [0.15, 0.2) is 11.2 Å². The second-order valence-corrected chi connectivity index (χ2v) is 12.3. The topological polar surface area (TPSA) is 26.3 Å². The summed E-state index contributed by atoms with van der Waals surface area (Å²) in [5.74, 6) is 0. The highest BCUT2D eigenvalue weighted by Crippen LogP contribution is 2.49. The van der Waals surface area contributed by atoms with Crippen LogP contribution >= 0.6 is 11.3 Å². The van der Waals surface area contributed by atoms with Crippen LogP contribution in [0.15, 0.2) is 142 Å². The van der Waals surface area contributed by atoms with E-state index in [-0.39, 0.29) is 0 Å². The van der Waals surface area contributed by atoms with Crippen LogP contribution in [0.2, 0.25) is 0 Å². The molecule has 3 heteroatoms. The molecular weight excluding hydrogens is 545 g/mol. The zero-order valence-electron chi connectivity index (χ0n) is 22.9. The van der Waals surface area contributed by atoms with E-state index in [1.54, 1.807) is 6.26 Å². The van der Waals surface area contributed by atoms with Crippen molar-refractivity contribution in [2.45, 2.75) is 0 Å². The minimum absolute atomic E-state index is 0.792. The Kier molecular flexibility index (Phi) is 4.63. The maximum absolute atomic E-state index is 6.49. The van der Waals surface area contributed by atoms with E-state index in [0.717, 1.165) is 32.9 Å². The van der Waals surface area contributed by atoms with Crippen molar-refractivity contribution in [2.24, 2.45) is 0 Å². The molecule has 10 rings (SSSR count). The van der Waals surface area contributed by atoms with Crippen LogP contribution in [-0.2, 0) is 0 Å². The van der Waals surface area contributed by atoms with Gasteiger partial charge in [-0.15, -0.1) is 11.3 Å². The molecular formula is C40H22O2S. The van der Waals surface area contributed by atoms with Crippen LogP contribution < -0.4 is 0 Å². The molecule has 3 aromatic heterocycles. The Hall–Kier alpha value is -5.38. The summed E-state index contributed by atoms with van der Waals surface area (Å²) < 4.78 is 15.0. The monoisotopic (exact) mass is 566 g/mol. The summed E-state index contributed by atoms with van der Waals surface area (Å²) in [7, 11) is 0. The summed E-state index contributed by atoms with van der Waals surface area (Å²) in [6.07, 6.45) is 1.73. The van der Waals surface area contributed by atoms with E-state index in [4.69, 9.17) is 8.83 Å². The van der Waals surface area contributed by atoms with Gasteiger partial charge in [-0.3, -0.25) is 0 Å². The number of fused-ring (bicyclic) bond motifs is 10. The highest BCUT2D eigenvalue weighted by atomic mass is 32.1. The van der Waals surface area contributed by atoms with Crippen molar-refractivity contribution in [3.63, 3.8) is 0 Å². The van der Waals surface area contributed by atoms with E-state index in [1.165, 1.54) is 64.0 Å². The predicted octanol–water partition coefficient (Wildman–Crippen LogP) is 12.3. The first-order valence-electron chi connectivity index (χ1n) is 14.5. The number of furan rings is 2. The largest absolute Gasteiger partial charge is 0.460 e. The SMILES string of the molecule is c1cc(-c2c3ccccc3c(-c3cccc4sc5ccccc5c34)c3ccccc23)c2c(c1)oc1c2ccc2ccoc21. The van der Waals surface area contributed by atoms with Crippen molar-refractivity contribution in [3.05, 3.63) is 134 Å². The third kappa shape index (κ3) is 3.12. The maximum Gasteiger partial charge on any atom is 0.178 e. The fourth-order valence-corrected chi connectivity index (χ4v) is 8.34. The smallest absolute Gasteiger partial charge is 0.178 e. The van der Waals surface area contributed by atoms with Gasteiger partial charge < -0.3 is 8.83 Å². The fourth-order valence-electron chi connectivity index (χ4n) is 7.21. The molecule has 0 fully saturated rings. The standard InChI is InChI=1S/C40H22O2S/c1-3-11-26-24(9-1)35(29-14-7-16-32-37(29)31-20-19-23-21-22-41-39(23)40(31)42-32)25-10-2-4-12-27(25)36(26)30-15-8-18-34-38(30)28-13-5-6-17-33(28)43-34/h1-22H. The van der Waals surface area contributed by atoms with E-state index in [9.17, 15) is 0 Å². The highest BCUT2D eigenvalue weighted by molar-refractivity contribution is 7.25. The normalized spacial score (nSPS) is 12.2. The lowest BCUT2D eigenvalue weighted by atomic mass is 9.84. The lowest BCUT2D eigenvalue weighted by Crippen LogP contribution is -1.91. The van der Waals surface area contributed by atoms with Crippen LogP contribution in [-0.4, -0.2) is 0 Å². The second-order valence-electron chi connectivity index (χ2n) is 11.2. The number of hydrogen-bond donors (Lipinski definition) is 0. The van der Waals surface area contributed by atoms with Gasteiger partial charge >= 0.3 is 0 Å². The molecule has 0 unspecified atom stereocenters. The van der Waals surface area contributed by atoms with E-state index < -0.39 is 0 Å². The third-order valence-electron chi connectivity index (χ3n) is 8.96. The van der Waals surface area contributed by atoms with Crippen LogP contribution in [0.5, 0.6) is 0 Å². The Balaban J connectivity index is 1.39. The van der Waals surface area contributed by atoms with E-state index in [2.05, 4.69) is 121 Å². The van der Waals surface area contributed by atoms with Crippen molar-refractivity contribution in [1.29, 1.82) is 0 Å². The van der Waals surface area contributed by atoms with E-state index >= 15 is 0 Å². The first-order chi connectivity index (χ1) is 21.3. The van der Waals surface area contributed by atoms with Crippen LogP contribution in [0, 0.1) is 0 Å². The molecule has 2 nitrogen and oxygen atoms in total. The molecule has 0 bridgehead atoms. The molecule has 0 amide bonds. The molecule has 0 N–H and O–H groups in total. The summed E-state index contributed by atoms with van der Waals surface area (Å²) in [5, 5.41) is 10.8. The molecule has 7 aromatic carbocycles. The van der Waals surface area contributed by atoms with E-state index in [0.29, 0.717) is 0 Å². The first-order valence-corrected chi connectivity index (χ1v) is 15.3. The van der Waals surface area contributed by atoms with Gasteiger partial charge in [-0.05, 0) is 74.1 Å². The molecule has 3 heterocycles. The fraction of sp³-hybridized carbons (Fsp3) is 0. The van der Waals surface area contributed by atoms with Gasteiger partial charge in [-0.2, -0.15) is 0 Å². The lowest BCUT2D eigenvalue weighted by molar-refractivity contribution is 0.600. The molecule has 0 saturated carbocycles. The summed E-state index contributed by atoms with van der Waals surface area (Å²) in [6, 6.07) is 46.0. The Morgan fingerprint density at radius 3 is 1.74 bits per heavy atom. The Labute approximate surface area is 250 Å². The zero-order valence-corrected chi connectivity index (χ0v) is 23.7. The molecule has 43 heavy (non-hydrogen) atoms. The van der Waals surface area contributed by atoms with Crippen LogP contribution in [0.4, 0.5) is 0 Å². The molecule has 0 radical (unpaired) electrons. The molecule has 0 saturated heterocycles. The Morgan fingerprint density at radius 1 is 0.419 bits per heavy atom. The first kappa shape index (κ1) is 23.2. The summed E-state index contributed by atoms with van der Waals surface area (Å²) in [5.41, 5.74) is 7.41. The van der Waals surface area contributed by atoms with Gasteiger partial charge in [0.2, 0.25) is 0 Å². The summed E-state index contributed by atoms with van der Waals surface area (Å²) >= 11 is 1.87. The number of rotatable bonds is 2. The van der Waals surface area contributed by atoms with Crippen LogP contribution in [0.1, 0.15) is 0 Å². The van der Waals surface area contributed by atoms with Gasteiger partial charge in [0, 0.05) is 36.3 Å². The average molecular weight is 567 g/mol. The van der Waals surface area contributed by atoms with Gasteiger partial charge in [0.25, 0.3) is 0 Å². The third-order valence-corrected chi connectivity index (χ3v) is 10.1. The van der Waals surface area contributed by atoms with Crippen molar-refractivity contribution in [3.8, 4) is 22.3 Å². The Morgan fingerprint density at radius 2 is 1.02 bits per heavy atom. The van der Waals surface area contributed by atoms with Gasteiger partial charge in [-0.25, -0.2) is 0 Å². The van der Waals surface area contributed by atoms with Crippen molar-refractivity contribution < 1.29 is 8.83 Å². The lowest BCUT2D eigenvalue weighted by Gasteiger charge is -2.19. The zero-order chi connectivity index (χ0) is 28.1. The summed E-state index contributed by atoms with van der Waals surface area (Å²) in [4.78, 5) is 0. The molecule has 0 spiro atoms. The van der Waals surface area contributed by atoms with Gasteiger partial charge in [0.05, 0.1) is 6.26 Å². The van der Waals surface area contributed by atoms with Gasteiger partial charge in [0.1, 0.15) is 5.58 Å². The highest BCUT2D eigenvalue weighted by Gasteiger charge is 2.22. The molecule has 0 aliphatic heterocycles. The van der Waals surface area contributed by atoms with Crippen LogP contribution in [0.25, 0.3) is 96.9 Å². The number of hydrogen-bond acceptors (Lipinski definition) is 3. The maximum atomic E-state index is 6.49. The molecule has 10 aromatic rings. The van der Waals surface area contributed by atoms with Gasteiger partial charge in [-0.1, -0.05) is 97.1 Å². The molecule has 0 aliphatic rings. The number of thiophene rings is 1. The molecule has 200 valence electrons. The quantitative estimate of drug-likeness (QED) is 0.195. The minimum Gasteiger partial charge on any atom is -0.460 e. The molecule has 0 aliphatic carbocycles. The number of benzene rings is 7. The van der Waals surface area contributed by atoms with E-state index in [1.807, 2.05) is 17.4 Å². The van der Waals surface area contributed by atoms with Crippen LogP contribution in [0.3, 0.4) is 0 Å². The average Bonchev–Trinajstić information content (AvgIpc) is 3.78. The second kappa shape index (κ2) is 8.57. The van der Waals surface area contributed by atoms with Crippen molar-refractivity contribution >= 4 is 86.0 Å². The predicted molar refractivity (Wildman–Crippen MR) is 182 cm³/mol. The summed E-state index contributed by atoms with van der Waals surface area (Å²) in [6.45, 7) is 0. The minimum atomic E-state index is 0.792. The molecule has 0 atom stereocenters. The van der Waals surface area contributed by atoms with Crippen molar-refractivity contribution in [1.82, 2.24) is 0 Å². The Bertz CT molecular complexity index is 2680. The van der Waals surface area contributed by atoms with Crippen molar-refractivity contribution in [2.75, 3.05) is 0 Å².